The van der Waals surface area contributed by atoms with Gasteiger partial charge in [-0.1, -0.05) is 31.4 Å². The number of imidazole rings is 1. The van der Waals surface area contributed by atoms with Crippen LogP contribution in [0, 0.1) is 0 Å². The van der Waals surface area contributed by atoms with Crippen LogP contribution in [-0.2, 0) is 13.6 Å². The van der Waals surface area contributed by atoms with E-state index in [2.05, 4.69) is 20.5 Å². The first-order valence-electron chi connectivity index (χ1n) is 8.96. The number of H-pyrrole nitrogens is 1. The van der Waals surface area contributed by atoms with E-state index in [1.54, 1.807) is 6.20 Å². The summed E-state index contributed by atoms with van der Waals surface area (Å²) in [6.45, 7) is 0.402. The fourth-order valence-electron chi connectivity index (χ4n) is 3.79. The standard InChI is InChI=1S/C19H23N5O/c1-24-16-10-6-5-9-15(16)22-17(24)12-20-19(25)14-11-21-23-18(14)13-7-3-2-4-8-13/h5-6,9-11,13H,2-4,7-8,12H2,1H3,(H,20,25)(H,21,23). The van der Waals surface area contributed by atoms with Gasteiger partial charge in [0.1, 0.15) is 5.82 Å². The van der Waals surface area contributed by atoms with Gasteiger partial charge in [0.15, 0.2) is 0 Å². The number of fused-ring (bicyclic) bond motifs is 1. The summed E-state index contributed by atoms with van der Waals surface area (Å²) in [6.07, 6.45) is 7.66. The normalized spacial score (nSPS) is 15.6. The van der Waals surface area contributed by atoms with Crippen molar-refractivity contribution in [2.75, 3.05) is 0 Å². The van der Waals surface area contributed by atoms with Crippen LogP contribution in [0.3, 0.4) is 0 Å². The van der Waals surface area contributed by atoms with Gasteiger partial charge in [-0.3, -0.25) is 9.89 Å². The Bertz CT molecular complexity index is 888. The molecule has 1 saturated carbocycles. The number of nitrogens with one attached hydrogen (secondary N) is 2. The second-order valence-electron chi connectivity index (χ2n) is 6.79. The number of rotatable bonds is 4. The first kappa shape index (κ1) is 15.9. The molecule has 1 aliphatic rings. The van der Waals surface area contributed by atoms with Crippen LogP contribution in [0.25, 0.3) is 11.0 Å². The van der Waals surface area contributed by atoms with Gasteiger partial charge >= 0.3 is 0 Å². The molecule has 6 nitrogen and oxygen atoms in total. The third-order valence-corrected chi connectivity index (χ3v) is 5.21. The number of para-hydroxylation sites is 2. The van der Waals surface area contributed by atoms with E-state index in [9.17, 15) is 4.79 Å². The van der Waals surface area contributed by atoms with E-state index in [1.807, 2.05) is 35.9 Å². The molecule has 4 rings (SSSR count). The molecule has 25 heavy (non-hydrogen) atoms. The molecule has 3 aromatic rings. The summed E-state index contributed by atoms with van der Waals surface area (Å²) in [7, 11) is 1.97. The zero-order valence-electron chi connectivity index (χ0n) is 14.5. The van der Waals surface area contributed by atoms with Gasteiger partial charge in [0.25, 0.3) is 5.91 Å². The summed E-state index contributed by atoms with van der Waals surface area (Å²) >= 11 is 0. The number of aryl methyl sites for hydroxylation is 1. The molecular formula is C19H23N5O. The Kier molecular flexibility index (Phi) is 4.26. The van der Waals surface area contributed by atoms with Gasteiger partial charge in [-0.2, -0.15) is 5.10 Å². The molecule has 1 aliphatic carbocycles. The number of aromatic amines is 1. The molecule has 2 aromatic heterocycles. The average Bonchev–Trinajstić information content (AvgIpc) is 3.26. The molecule has 0 spiro atoms. The second kappa shape index (κ2) is 6.70. The van der Waals surface area contributed by atoms with E-state index in [1.165, 1.54) is 19.3 Å². The summed E-state index contributed by atoms with van der Waals surface area (Å²) in [5, 5.41) is 10.2. The first-order valence-corrected chi connectivity index (χ1v) is 8.96. The van der Waals surface area contributed by atoms with Gasteiger partial charge in [0.2, 0.25) is 0 Å². The number of hydrogen-bond acceptors (Lipinski definition) is 3. The summed E-state index contributed by atoms with van der Waals surface area (Å²) in [4.78, 5) is 17.3. The van der Waals surface area contributed by atoms with Crippen LogP contribution in [0.2, 0.25) is 0 Å². The van der Waals surface area contributed by atoms with E-state index in [4.69, 9.17) is 0 Å². The smallest absolute Gasteiger partial charge is 0.255 e. The van der Waals surface area contributed by atoms with Gasteiger partial charge in [0, 0.05) is 13.0 Å². The Balaban J connectivity index is 1.49. The highest BCUT2D eigenvalue weighted by Crippen LogP contribution is 2.33. The van der Waals surface area contributed by atoms with Gasteiger partial charge in [-0.15, -0.1) is 0 Å². The van der Waals surface area contributed by atoms with Crippen molar-refractivity contribution in [3.8, 4) is 0 Å². The molecule has 6 heteroatoms. The lowest BCUT2D eigenvalue weighted by atomic mass is 9.85. The van der Waals surface area contributed by atoms with Crippen LogP contribution in [-0.4, -0.2) is 25.7 Å². The SMILES string of the molecule is Cn1c(CNC(=O)c2cn[nH]c2C2CCCCC2)nc2ccccc21. The highest BCUT2D eigenvalue weighted by molar-refractivity contribution is 5.95. The van der Waals surface area contributed by atoms with Crippen molar-refractivity contribution in [3.05, 3.63) is 47.5 Å². The maximum Gasteiger partial charge on any atom is 0.255 e. The molecule has 1 aromatic carbocycles. The highest BCUT2D eigenvalue weighted by atomic mass is 16.1. The van der Waals surface area contributed by atoms with Crippen LogP contribution < -0.4 is 5.32 Å². The molecule has 2 N–H and O–H groups in total. The monoisotopic (exact) mass is 337 g/mol. The summed E-state index contributed by atoms with van der Waals surface area (Å²) in [5.41, 5.74) is 3.67. The second-order valence-corrected chi connectivity index (χ2v) is 6.79. The lowest BCUT2D eigenvalue weighted by Gasteiger charge is -2.21. The fourth-order valence-corrected chi connectivity index (χ4v) is 3.79. The first-order chi connectivity index (χ1) is 12.2. The molecule has 1 fully saturated rings. The van der Waals surface area contributed by atoms with Crippen molar-refractivity contribution in [3.63, 3.8) is 0 Å². The van der Waals surface area contributed by atoms with Crippen LogP contribution >= 0.6 is 0 Å². The van der Waals surface area contributed by atoms with Crippen molar-refractivity contribution >= 4 is 16.9 Å². The number of carbonyl (C=O) groups excluding carboxylic acids is 1. The third kappa shape index (κ3) is 3.04. The van der Waals surface area contributed by atoms with Gasteiger partial charge < -0.3 is 9.88 Å². The van der Waals surface area contributed by atoms with Crippen molar-refractivity contribution in [1.29, 1.82) is 0 Å². The summed E-state index contributed by atoms with van der Waals surface area (Å²) in [6, 6.07) is 7.98. The molecule has 0 bridgehead atoms. The lowest BCUT2D eigenvalue weighted by molar-refractivity contribution is 0.0948. The van der Waals surface area contributed by atoms with E-state index >= 15 is 0 Å². The van der Waals surface area contributed by atoms with Gasteiger partial charge in [-0.05, 0) is 25.0 Å². The van der Waals surface area contributed by atoms with Gasteiger partial charge in [-0.25, -0.2) is 4.98 Å². The number of benzene rings is 1. The van der Waals surface area contributed by atoms with Crippen molar-refractivity contribution in [2.45, 2.75) is 44.6 Å². The van der Waals surface area contributed by atoms with E-state index in [0.29, 0.717) is 18.0 Å². The van der Waals surface area contributed by atoms with E-state index < -0.39 is 0 Å². The van der Waals surface area contributed by atoms with Crippen molar-refractivity contribution in [1.82, 2.24) is 25.1 Å². The van der Waals surface area contributed by atoms with E-state index in [-0.39, 0.29) is 5.91 Å². The molecule has 0 saturated heterocycles. The van der Waals surface area contributed by atoms with Crippen LogP contribution in [0.4, 0.5) is 0 Å². The Hall–Kier alpha value is -2.63. The average molecular weight is 337 g/mol. The molecule has 0 aliphatic heterocycles. The lowest BCUT2D eigenvalue weighted by Crippen LogP contribution is -2.25. The zero-order chi connectivity index (χ0) is 17.2. The minimum Gasteiger partial charge on any atom is -0.345 e. The number of aromatic nitrogens is 4. The molecule has 0 radical (unpaired) electrons. The molecule has 2 heterocycles. The quantitative estimate of drug-likeness (QED) is 0.767. The highest BCUT2D eigenvalue weighted by Gasteiger charge is 2.23. The third-order valence-electron chi connectivity index (χ3n) is 5.21. The fraction of sp³-hybridized carbons (Fsp3) is 0.421. The zero-order valence-corrected chi connectivity index (χ0v) is 14.5. The molecular weight excluding hydrogens is 314 g/mol. The minimum absolute atomic E-state index is 0.0821. The Labute approximate surface area is 146 Å². The van der Waals surface area contributed by atoms with Crippen LogP contribution in [0.5, 0.6) is 0 Å². The number of hydrogen-bond donors (Lipinski definition) is 2. The number of carbonyl (C=O) groups is 1. The Morgan fingerprint density at radius 3 is 2.88 bits per heavy atom. The van der Waals surface area contributed by atoms with Gasteiger partial charge in [0.05, 0.1) is 35.0 Å². The van der Waals surface area contributed by atoms with Crippen molar-refractivity contribution in [2.24, 2.45) is 7.05 Å². The maximum absolute atomic E-state index is 12.7. The topological polar surface area (TPSA) is 75.6 Å². The Morgan fingerprint density at radius 1 is 1.28 bits per heavy atom. The summed E-state index contributed by atoms with van der Waals surface area (Å²) in [5.74, 6) is 1.19. The van der Waals surface area contributed by atoms with Crippen molar-refractivity contribution < 1.29 is 4.79 Å². The molecule has 0 atom stereocenters. The minimum atomic E-state index is -0.0821. The van der Waals surface area contributed by atoms with Crippen LogP contribution in [0.15, 0.2) is 30.5 Å². The molecule has 1 amide bonds. The molecule has 130 valence electrons. The summed E-state index contributed by atoms with van der Waals surface area (Å²) < 4.78 is 2.02. The predicted molar refractivity (Wildman–Crippen MR) is 96.3 cm³/mol. The largest absolute Gasteiger partial charge is 0.345 e. The maximum atomic E-state index is 12.7. The molecule has 0 unspecified atom stereocenters. The van der Waals surface area contributed by atoms with E-state index in [0.717, 1.165) is 35.4 Å². The number of amides is 1. The Morgan fingerprint density at radius 2 is 2.08 bits per heavy atom. The van der Waals surface area contributed by atoms with Crippen LogP contribution in [0.1, 0.15) is 59.9 Å². The number of nitrogens with zero attached hydrogens (tertiary/aromatic N) is 3. The predicted octanol–water partition coefficient (Wildman–Crippen LogP) is 3.27.